The van der Waals surface area contributed by atoms with Crippen LogP contribution in [0.5, 0.6) is 0 Å². The topological polar surface area (TPSA) is 189 Å². The average molecular weight is 832 g/mol. The molecule has 302 valence electrons. The maximum absolute atomic E-state index is 6.05. The molecule has 1 fully saturated rings. The van der Waals surface area contributed by atoms with E-state index >= 15 is 0 Å². The van der Waals surface area contributed by atoms with Gasteiger partial charge in [0.15, 0.2) is 16.9 Å². The zero-order chi connectivity index (χ0) is 41.5. The molecule has 0 spiro atoms. The van der Waals surface area contributed by atoms with Crippen LogP contribution < -0.4 is 17.2 Å². The Bertz CT molecular complexity index is 2390. The Balaban J connectivity index is 0.000000200. The van der Waals surface area contributed by atoms with Crippen molar-refractivity contribution in [2.75, 3.05) is 17.2 Å². The number of fused-ring (bicyclic) bond motifs is 3. The van der Waals surface area contributed by atoms with Crippen LogP contribution in [0.3, 0.4) is 0 Å². The number of hydrogen-bond acceptors (Lipinski definition) is 11. The molecule has 0 saturated carbocycles. The van der Waals surface area contributed by atoms with Crippen molar-refractivity contribution in [1.29, 1.82) is 0 Å². The van der Waals surface area contributed by atoms with Gasteiger partial charge < -0.3 is 40.2 Å². The summed E-state index contributed by atoms with van der Waals surface area (Å²) in [6.45, 7) is 29.7. The molecule has 14 nitrogen and oxygen atoms in total. The molecule has 0 aliphatic carbocycles. The predicted octanol–water partition coefficient (Wildman–Crippen LogP) is 8.33. The van der Waals surface area contributed by atoms with Crippen LogP contribution in [0.15, 0.2) is 42.1 Å². The second-order valence-electron chi connectivity index (χ2n) is 15.4. The molecule has 16 heteroatoms. The Kier molecular flexibility index (Phi) is 14.0. The van der Waals surface area contributed by atoms with E-state index in [-0.39, 0.29) is 25.7 Å². The second-order valence-corrected chi connectivity index (χ2v) is 16.2. The standard InChI is InChI=1S/C11H16N4.C11H14N4.C9H17BO2.C8H9BrN4.CH4/c2*1-6(2)8-9(12)7(3)14-11-10(8)13-5-15(11)4;1-7(2)10-11-8(3,4)9(5,6)12-10;1-4-6(10)5(9)7-8(12-4)13(2)3-11-7;/h5-6H,12H2,1-4H3;5H,1,12H2,2-4H3;1H2,2-6H3;3H,10H2,1-2H3;1H4. The summed E-state index contributed by atoms with van der Waals surface area (Å²) >= 11 is 3.40. The lowest BCUT2D eigenvalue weighted by molar-refractivity contribution is 0.00578. The minimum absolute atomic E-state index is 0. The molecule has 7 heterocycles. The molecule has 6 aromatic rings. The number of aromatic nitrogens is 9. The van der Waals surface area contributed by atoms with E-state index in [0.717, 1.165) is 82.9 Å². The smallest absolute Gasteiger partial charge is 0.400 e. The molecule has 56 heavy (non-hydrogen) atoms. The van der Waals surface area contributed by atoms with Gasteiger partial charge in [0.05, 0.1) is 68.8 Å². The molecule has 6 N–H and O–H groups in total. The van der Waals surface area contributed by atoms with Crippen LogP contribution in [-0.4, -0.2) is 61.9 Å². The van der Waals surface area contributed by atoms with E-state index in [1.807, 2.05) is 97.2 Å². The summed E-state index contributed by atoms with van der Waals surface area (Å²) in [5.74, 6) is 0.365. The molecule has 6 aromatic heterocycles. The molecule has 1 saturated heterocycles. The number of rotatable bonds is 3. The molecule has 0 radical (unpaired) electrons. The van der Waals surface area contributed by atoms with Crippen LogP contribution in [0.4, 0.5) is 17.1 Å². The first kappa shape index (κ1) is 45.6. The van der Waals surface area contributed by atoms with E-state index in [1.165, 1.54) is 0 Å². The number of pyridine rings is 3. The van der Waals surface area contributed by atoms with E-state index in [9.17, 15) is 0 Å². The fourth-order valence-electron chi connectivity index (χ4n) is 5.82. The molecule has 0 unspecified atom stereocenters. The van der Waals surface area contributed by atoms with Gasteiger partial charge in [-0.1, -0.05) is 33.3 Å². The first-order valence-electron chi connectivity index (χ1n) is 17.9. The van der Waals surface area contributed by atoms with Crippen LogP contribution in [0.25, 0.3) is 39.1 Å². The highest BCUT2D eigenvalue weighted by molar-refractivity contribution is 9.10. The summed E-state index contributed by atoms with van der Waals surface area (Å²) < 4.78 is 17.9. The number of halogens is 1. The SMILES string of the molecule is C.C=C(C)B1OC(C)(C)C(C)(C)O1.C=C(C)c1c(N)c(C)nc2c1ncn2C.Cc1nc2c(ncn2C)c(Br)c1N.Cc1nc2c(ncn2C)c(C(C)C)c1N. The second kappa shape index (κ2) is 17.1. The van der Waals surface area contributed by atoms with Crippen LogP contribution in [0.2, 0.25) is 0 Å². The van der Waals surface area contributed by atoms with E-state index in [0.29, 0.717) is 17.3 Å². The maximum atomic E-state index is 6.05. The summed E-state index contributed by atoms with van der Waals surface area (Å²) in [7, 11) is 5.53. The number of hydrogen-bond donors (Lipinski definition) is 3. The highest BCUT2D eigenvalue weighted by atomic mass is 79.9. The van der Waals surface area contributed by atoms with Crippen molar-refractivity contribution in [2.24, 2.45) is 21.1 Å². The summed E-state index contributed by atoms with van der Waals surface area (Å²) in [6, 6.07) is 0. The normalized spacial score (nSPS) is 14.1. The molecule has 0 bridgehead atoms. The minimum Gasteiger partial charge on any atom is -0.400 e. The van der Waals surface area contributed by atoms with Crippen molar-refractivity contribution in [3.8, 4) is 0 Å². The summed E-state index contributed by atoms with van der Waals surface area (Å²) in [6.07, 6.45) is 5.24. The lowest BCUT2D eigenvalue weighted by Crippen LogP contribution is -2.41. The first-order valence-corrected chi connectivity index (χ1v) is 18.7. The van der Waals surface area contributed by atoms with Gasteiger partial charge in [-0.2, -0.15) is 0 Å². The van der Waals surface area contributed by atoms with Crippen molar-refractivity contribution in [3.05, 3.63) is 70.3 Å². The zero-order valence-corrected chi connectivity index (χ0v) is 36.3. The van der Waals surface area contributed by atoms with Gasteiger partial charge >= 0.3 is 7.12 Å². The zero-order valence-electron chi connectivity index (χ0n) is 34.8. The fraction of sp³-hybridized carbons (Fsp3) is 0.450. The quantitative estimate of drug-likeness (QED) is 0.146. The van der Waals surface area contributed by atoms with Gasteiger partial charge in [-0.15, -0.1) is 6.58 Å². The van der Waals surface area contributed by atoms with Crippen LogP contribution in [0, 0.1) is 20.8 Å². The van der Waals surface area contributed by atoms with Crippen molar-refractivity contribution in [2.45, 2.75) is 101 Å². The van der Waals surface area contributed by atoms with Crippen molar-refractivity contribution < 1.29 is 9.31 Å². The molecule has 0 amide bonds. The summed E-state index contributed by atoms with van der Waals surface area (Å²) in [4.78, 5) is 26.1. The number of anilines is 3. The average Bonchev–Trinajstić information content (AvgIpc) is 3.81. The van der Waals surface area contributed by atoms with Gasteiger partial charge in [0.2, 0.25) is 0 Å². The molecule has 1 aliphatic heterocycles. The predicted molar refractivity (Wildman–Crippen MR) is 237 cm³/mol. The van der Waals surface area contributed by atoms with Gasteiger partial charge in [-0.3, -0.25) is 0 Å². The van der Waals surface area contributed by atoms with Gasteiger partial charge in [-0.05, 0) is 89.7 Å². The third-order valence-electron chi connectivity index (χ3n) is 9.86. The maximum Gasteiger partial charge on any atom is 0.489 e. The number of nitrogens with zero attached hydrogens (tertiary/aromatic N) is 9. The van der Waals surface area contributed by atoms with Crippen LogP contribution >= 0.6 is 15.9 Å². The van der Waals surface area contributed by atoms with E-state index in [4.69, 9.17) is 26.5 Å². The Morgan fingerprint density at radius 1 is 0.696 bits per heavy atom. The van der Waals surface area contributed by atoms with Crippen LogP contribution in [0.1, 0.15) is 96.9 Å². The Labute approximate surface area is 340 Å². The first-order chi connectivity index (χ1) is 25.4. The van der Waals surface area contributed by atoms with Crippen molar-refractivity contribution in [1.82, 2.24) is 43.6 Å². The Morgan fingerprint density at radius 3 is 1.48 bits per heavy atom. The molecule has 1 aliphatic rings. The third kappa shape index (κ3) is 8.92. The third-order valence-corrected chi connectivity index (χ3v) is 10.7. The van der Waals surface area contributed by atoms with Gasteiger partial charge in [0, 0.05) is 32.3 Å². The monoisotopic (exact) mass is 830 g/mol. The van der Waals surface area contributed by atoms with E-state index in [2.05, 4.69) is 72.8 Å². The van der Waals surface area contributed by atoms with E-state index < -0.39 is 0 Å². The summed E-state index contributed by atoms with van der Waals surface area (Å²) in [5, 5.41) is 0. The van der Waals surface area contributed by atoms with E-state index in [1.54, 1.807) is 19.0 Å². The van der Waals surface area contributed by atoms with Gasteiger partial charge in [-0.25, -0.2) is 29.9 Å². The largest absolute Gasteiger partial charge is 0.489 e. The number of imidazole rings is 3. The molecule has 0 aromatic carbocycles. The lowest BCUT2D eigenvalue weighted by atomic mass is 9.81. The minimum atomic E-state index is -0.241. The van der Waals surface area contributed by atoms with Gasteiger partial charge in [0.1, 0.15) is 16.6 Å². The fourth-order valence-corrected chi connectivity index (χ4v) is 6.39. The summed E-state index contributed by atoms with van der Waals surface area (Å²) in [5.41, 5.74) is 31.0. The van der Waals surface area contributed by atoms with Crippen LogP contribution in [-0.2, 0) is 30.5 Å². The molecular formula is C40H60BBrN12O2. The Hall–Kier alpha value is -4.80. The molecule has 7 rings (SSSR count). The molecular weight excluding hydrogens is 771 g/mol. The Morgan fingerprint density at radius 2 is 1.07 bits per heavy atom. The number of allylic oxidation sites excluding steroid dienone is 2. The number of aryl methyl sites for hydroxylation is 6. The van der Waals surface area contributed by atoms with Crippen molar-refractivity contribution in [3.63, 3.8) is 0 Å². The van der Waals surface area contributed by atoms with Gasteiger partial charge in [0.25, 0.3) is 0 Å². The highest BCUT2D eigenvalue weighted by Gasteiger charge is 2.51. The number of nitrogen functional groups attached to an aromatic ring is 3. The van der Waals surface area contributed by atoms with Crippen molar-refractivity contribution >= 4 is 79.2 Å². The number of nitrogens with two attached hydrogens (primary N) is 3. The molecule has 0 atom stereocenters. The highest BCUT2D eigenvalue weighted by Crippen LogP contribution is 2.38. The lowest BCUT2D eigenvalue weighted by Gasteiger charge is -2.32.